The Morgan fingerprint density at radius 2 is 2.00 bits per heavy atom. The van der Waals surface area contributed by atoms with Crippen LogP contribution >= 0.6 is 27.5 Å². The maximum Gasteiger partial charge on any atom is 0.273 e. The van der Waals surface area contributed by atoms with Gasteiger partial charge in [-0.3, -0.25) is 14.7 Å². The van der Waals surface area contributed by atoms with Crippen molar-refractivity contribution in [1.82, 2.24) is 10.2 Å². The summed E-state index contributed by atoms with van der Waals surface area (Å²) in [5.74, 6) is -0.213. The summed E-state index contributed by atoms with van der Waals surface area (Å²) < 4.78 is 6.30. The van der Waals surface area contributed by atoms with Crippen molar-refractivity contribution in [3.05, 3.63) is 57.7 Å². The molecule has 0 fully saturated rings. The molecule has 0 saturated carbocycles. The number of carbonyl (C=O) groups excluding carboxylic acids is 2. The Bertz CT molecular complexity index is 1050. The first-order chi connectivity index (χ1) is 13.0. The highest BCUT2D eigenvalue weighted by Crippen LogP contribution is 2.36. The maximum absolute atomic E-state index is 12.5. The van der Waals surface area contributed by atoms with E-state index >= 15 is 0 Å². The Labute approximate surface area is 167 Å². The van der Waals surface area contributed by atoms with Gasteiger partial charge in [-0.25, -0.2) is 0 Å². The first kappa shape index (κ1) is 17.6. The van der Waals surface area contributed by atoms with Gasteiger partial charge < -0.3 is 15.4 Å². The molecular formula is C18H12BrClN4O3. The number of fused-ring (bicyclic) bond motifs is 1. The molecule has 4 rings (SSSR count). The Morgan fingerprint density at radius 3 is 2.78 bits per heavy atom. The SMILES string of the molecule is O=C1COc2cc(NC(=O)c3cc(-c4ccc(Br)cc4)n[nH]3)c(Cl)cc2N1. The molecule has 136 valence electrons. The lowest BCUT2D eigenvalue weighted by atomic mass is 10.1. The molecule has 1 aromatic heterocycles. The van der Waals surface area contributed by atoms with Crippen molar-refractivity contribution in [3.63, 3.8) is 0 Å². The number of carbonyl (C=O) groups is 2. The van der Waals surface area contributed by atoms with Crippen molar-refractivity contribution >= 4 is 50.7 Å². The molecule has 0 atom stereocenters. The molecule has 2 amide bonds. The molecule has 3 N–H and O–H groups in total. The van der Waals surface area contributed by atoms with Crippen molar-refractivity contribution < 1.29 is 14.3 Å². The third-order valence-corrected chi connectivity index (χ3v) is 4.75. The highest BCUT2D eigenvalue weighted by molar-refractivity contribution is 9.10. The number of rotatable bonds is 3. The first-order valence-electron chi connectivity index (χ1n) is 7.88. The fourth-order valence-corrected chi connectivity index (χ4v) is 3.07. The Hall–Kier alpha value is -2.84. The van der Waals surface area contributed by atoms with Gasteiger partial charge in [-0.05, 0) is 24.3 Å². The number of H-pyrrole nitrogens is 1. The number of ether oxygens (including phenoxy) is 1. The lowest BCUT2D eigenvalue weighted by Crippen LogP contribution is -2.25. The molecule has 1 aliphatic rings. The minimum absolute atomic E-state index is 0.0842. The molecule has 0 spiro atoms. The second-order valence-electron chi connectivity index (χ2n) is 5.79. The van der Waals surface area contributed by atoms with Crippen molar-refractivity contribution in [2.75, 3.05) is 17.2 Å². The molecule has 2 heterocycles. The summed E-state index contributed by atoms with van der Waals surface area (Å²) >= 11 is 9.59. The molecule has 0 saturated heterocycles. The molecule has 0 unspecified atom stereocenters. The third-order valence-electron chi connectivity index (χ3n) is 3.91. The number of nitrogens with zero attached hydrogens (tertiary/aromatic N) is 1. The number of hydrogen-bond acceptors (Lipinski definition) is 4. The molecule has 27 heavy (non-hydrogen) atoms. The number of aromatic nitrogens is 2. The normalized spacial score (nSPS) is 12.7. The first-order valence-corrected chi connectivity index (χ1v) is 9.05. The standard InChI is InChI=1S/C18H12BrClN4O3/c19-10-3-1-9(2-4-10)12-6-15(24-23-12)18(26)22-13-7-16-14(5-11(13)20)21-17(25)8-27-16/h1-7H,8H2,(H,21,25)(H,22,26)(H,23,24). The predicted octanol–water partition coefficient (Wildman–Crippen LogP) is 4.08. The van der Waals surface area contributed by atoms with E-state index in [9.17, 15) is 9.59 Å². The number of amides is 2. The van der Waals surface area contributed by atoms with Crippen molar-refractivity contribution in [2.24, 2.45) is 0 Å². The minimum Gasteiger partial charge on any atom is -0.482 e. The fraction of sp³-hybridized carbons (Fsp3) is 0.0556. The predicted molar refractivity (Wildman–Crippen MR) is 105 cm³/mol. The van der Waals surface area contributed by atoms with E-state index in [0.29, 0.717) is 22.8 Å². The van der Waals surface area contributed by atoms with E-state index in [-0.39, 0.29) is 23.2 Å². The van der Waals surface area contributed by atoms with Crippen molar-refractivity contribution in [2.45, 2.75) is 0 Å². The van der Waals surface area contributed by atoms with Crippen LogP contribution in [0, 0.1) is 0 Å². The Kier molecular flexibility index (Phi) is 4.59. The number of nitrogens with one attached hydrogen (secondary N) is 3. The Morgan fingerprint density at radius 1 is 1.22 bits per heavy atom. The van der Waals surface area contributed by atoms with Crippen LogP contribution in [-0.2, 0) is 4.79 Å². The van der Waals surface area contributed by atoms with Gasteiger partial charge in [0.15, 0.2) is 6.61 Å². The number of hydrogen-bond donors (Lipinski definition) is 3. The van der Waals surface area contributed by atoms with Gasteiger partial charge in [0.05, 0.1) is 22.1 Å². The van der Waals surface area contributed by atoms with Gasteiger partial charge in [0.1, 0.15) is 11.4 Å². The Balaban J connectivity index is 1.54. The largest absolute Gasteiger partial charge is 0.482 e. The van der Waals surface area contributed by atoms with E-state index in [1.807, 2.05) is 24.3 Å². The van der Waals surface area contributed by atoms with Crippen LogP contribution in [0.3, 0.4) is 0 Å². The van der Waals surface area contributed by atoms with E-state index in [1.54, 1.807) is 12.1 Å². The minimum atomic E-state index is -0.396. The second-order valence-corrected chi connectivity index (χ2v) is 7.12. The average molecular weight is 448 g/mol. The summed E-state index contributed by atoms with van der Waals surface area (Å²) in [6.45, 7) is -0.0842. The fourth-order valence-electron chi connectivity index (χ4n) is 2.59. The van der Waals surface area contributed by atoms with Gasteiger partial charge in [0, 0.05) is 16.1 Å². The molecule has 2 aromatic carbocycles. The summed E-state index contributed by atoms with van der Waals surface area (Å²) in [7, 11) is 0. The maximum atomic E-state index is 12.5. The highest BCUT2D eigenvalue weighted by Gasteiger charge is 2.20. The van der Waals surface area contributed by atoms with Crippen LogP contribution in [0.15, 0.2) is 46.9 Å². The molecule has 3 aromatic rings. The lowest BCUT2D eigenvalue weighted by Gasteiger charge is -2.19. The molecule has 7 nitrogen and oxygen atoms in total. The van der Waals surface area contributed by atoms with Crippen molar-refractivity contribution in [3.8, 4) is 17.0 Å². The second kappa shape index (κ2) is 7.05. The quantitative estimate of drug-likeness (QED) is 0.564. The van der Waals surface area contributed by atoms with E-state index in [0.717, 1.165) is 10.0 Å². The highest BCUT2D eigenvalue weighted by atomic mass is 79.9. The number of halogens is 2. The van der Waals surface area contributed by atoms with Crippen LogP contribution in [0.5, 0.6) is 5.75 Å². The van der Waals surface area contributed by atoms with E-state index < -0.39 is 5.91 Å². The summed E-state index contributed by atoms with van der Waals surface area (Å²) in [5.41, 5.74) is 2.65. The summed E-state index contributed by atoms with van der Waals surface area (Å²) in [6.07, 6.45) is 0. The zero-order chi connectivity index (χ0) is 19.0. The summed E-state index contributed by atoms with van der Waals surface area (Å²) in [6, 6.07) is 12.3. The van der Waals surface area contributed by atoms with Crippen LogP contribution in [0.25, 0.3) is 11.3 Å². The average Bonchev–Trinajstić information content (AvgIpc) is 3.13. The monoisotopic (exact) mass is 446 g/mol. The zero-order valence-electron chi connectivity index (χ0n) is 13.7. The molecule has 0 radical (unpaired) electrons. The molecule has 1 aliphatic heterocycles. The van der Waals surface area contributed by atoms with E-state index in [2.05, 4.69) is 36.8 Å². The lowest BCUT2D eigenvalue weighted by molar-refractivity contribution is -0.118. The zero-order valence-corrected chi connectivity index (χ0v) is 16.0. The molecular weight excluding hydrogens is 436 g/mol. The van der Waals surface area contributed by atoms with Gasteiger partial charge >= 0.3 is 0 Å². The van der Waals surface area contributed by atoms with Crippen LogP contribution in [0.4, 0.5) is 11.4 Å². The number of benzene rings is 2. The topological polar surface area (TPSA) is 96.1 Å². The van der Waals surface area contributed by atoms with Gasteiger partial charge in [-0.1, -0.05) is 39.7 Å². The van der Waals surface area contributed by atoms with E-state index in [4.69, 9.17) is 16.3 Å². The van der Waals surface area contributed by atoms with Gasteiger partial charge in [0.25, 0.3) is 11.8 Å². The number of anilines is 2. The van der Waals surface area contributed by atoms with E-state index in [1.165, 1.54) is 6.07 Å². The molecule has 0 bridgehead atoms. The van der Waals surface area contributed by atoms with Gasteiger partial charge in [-0.15, -0.1) is 0 Å². The van der Waals surface area contributed by atoms with Crippen molar-refractivity contribution in [1.29, 1.82) is 0 Å². The third kappa shape index (κ3) is 3.67. The smallest absolute Gasteiger partial charge is 0.273 e. The van der Waals surface area contributed by atoms with Gasteiger partial charge in [-0.2, -0.15) is 5.10 Å². The number of aromatic amines is 1. The van der Waals surface area contributed by atoms with Crippen LogP contribution < -0.4 is 15.4 Å². The van der Waals surface area contributed by atoms with Crippen LogP contribution in [-0.4, -0.2) is 28.6 Å². The molecule has 0 aliphatic carbocycles. The van der Waals surface area contributed by atoms with Crippen LogP contribution in [0.2, 0.25) is 5.02 Å². The van der Waals surface area contributed by atoms with Crippen LogP contribution in [0.1, 0.15) is 10.5 Å². The summed E-state index contributed by atoms with van der Waals surface area (Å²) in [4.78, 5) is 23.9. The summed E-state index contributed by atoms with van der Waals surface area (Å²) in [5, 5.41) is 12.6. The van der Waals surface area contributed by atoms with Gasteiger partial charge in [0.2, 0.25) is 0 Å². The molecule has 9 heteroatoms.